The molecule has 2 rings (SSSR count). The van der Waals surface area contributed by atoms with Gasteiger partial charge in [0.1, 0.15) is 0 Å². The molecule has 0 aromatic carbocycles. The fraction of sp³-hybridized carbons (Fsp3) is 0.273. The van der Waals surface area contributed by atoms with Crippen molar-refractivity contribution in [1.29, 1.82) is 0 Å². The molecule has 1 atom stereocenters. The molecule has 2 aromatic heterocycles. The molecule has 0 bridgehead atoms. The van der Waals surface area contributed by atoms with E-state index in [2.05, 4.69) is 49.3 Å². The van der Waals surface area contributed by atoms with Gasteiger partial charge in [-0.15, -0.1) is 22.7 Å². The Labute approximate surface area is 130 Å². The molecule has 0 aliphatic carbocycles. The van der Waals surface area contributed by atoms with Gasteiger partial charge in [0.15, 0.2) is 0 Å². The van der Waals surface area contributed by atoms with Crippen LogP contribution in [0.4, 0.5) is 0 Å². The Kier molecular flexibility index (Phi) is 5.09. The van der Waals surface area contributed by atoms with Gasteiger partial charge < -0.3 is 5.32 Å². The monoisotopic (exact) mass is 413 g/mol. The van der Waals surface area contributed by atoms with Crippen LogP contribution in [0, 0.1) is 0 Å². The maximum absolute atomic E-state index is 5.95. The SMILES string of the molecule is CNC(Cc1ccc(Cl)s1)c1cc(Br)sc1Br. The quantitative estimate of drug-likeness (QED) is 0.696. The van der Waals surface area contributed by atoms with E-state index in [0.29, 0.717) is 6.04 Å². The summed E-state index contributed by atoms with van der Waals surface area (Å²) in [6, 6.07) is 6.51. The van der Waals surface area contributed by atoms with Gasteiger partial charge in [-0.1, -0.05) is 11.6 Å². The highest BCUT2D eigenvalue weighted by atomic mass is 79.9. The first-order valence-corrected chi connectivity index (χ1v) is 8.56. The minimum absolute atomic E-state index is 0.307. The number of hydrogen-bond acceptors (Lipinski definition) is 3. The van der Waals surface area contributed by atoms with E-state index in [1.165, 1.54) is 14.2 Å². The zero-order valence-electron chi connectivity index (χ0n) is 8.97. The molecule has 92 valence electrons. The summed E-state index contributed by atoms with van der Waals surface area (Å²) in [4.78, 5) is 1.29. The van der Waals surface area contributed by atoms with Gasteiger partial charge in [-0.3, -0.25) is 0 Å². The molecule has 0 aliphatic heterocycles. The Morgan fingerprint density at radius 1 is 1.35 bits per heavy atom. The number of halogens is 3. The smallest absolute Gasteiger partial charge is 0.0931 e. The molecule has 0 radical (unpaired) electrons. The van der Waals surface area contributed by atoms with Crippen molar-refractivity contribution in [3.63, 3.8) is 0 Å². The highest BCUT2D eigenvalue weighted by Gasteiger charge is 2.16. The zero-order valence-corrected chi connectivity index (χ0v) is 14.5. The molecule has 0 amide bonds. The van der Waals surface area contributed by atoms with Crippen molar-refractivity contribution in [3.8, 4) is 0 Å². The topological polar surface area (TPSA) is 12.0 Å². The summed E-state index contributed by atoms with van der Waals surface area (Å²) in [6.07, 6.45) is 0.954. The first-order valence-electron chi connectivity index (χ1n) is 4.96. The standard InChI is InChI=1S/C11H10Br2ClNS2/c1-15-8(4-6-2-3-10(14)16-6)7-5-9(12)17-11(7)13/h2-3,5,8,15H,4H2,1H3. The molecule has 2 aromatic rings. The largest absolute Gasteiger partial charge is 0.313 e. The molecule has 1 unspecified atom stereocenters. The van der Waals surface area contributed by atoms with Crippen LogP contribution < -0.4 is 5.32 Å². The van der Waals surface area contributed by atoms with Crippen LogP contribution in [-0.2, 0) is 6.42 Å². The molecule has 0 saturated heterocycles. The van der Waals surface area contributed by atoms with E-state index in [-0.39, 0.29) is 0 Å². The molecule has 6 heteroatoms. The van der Waals surface area contributed by atoms with E-state index in [4.69, 9.17) is 11.6 Å². The van der Waals surface area contributed by atoms with Gasteiger partial charge in [0, 0.05) is 17.3 Å². The van der Waals surface area contributed by atoms with Crippen LogP contribution in [0.5, 0.6) is 0 Å². The van der Waals surface area contributed by atoms with Gasteiger partial charge in [-0.25, -0.2) is 0 Å². The fourth-order valence-corrected chi connectivity index (χ4v) is 5.73. The highest BCUT2D eigenvalue weighted by Crippen LogP contribution is 2.37. The van der Waals surface area contributed by atoms with Gasteiger partial charge in [-0.05, 0) is 62.7 Å². The zero-order chi connectivity index (χ0) is 12.4. The number of likely N-dealkylation sites (N-methyl/N-ethyl adjacent to an activating group) is 1. The lowest BCUT2D eigenvalue weighted by Crippen LogP contribution is -2.18. The maximum atomic E-state index is 5.95. The van der Waals surface area contributed by atoms with Crippen molar-refractivity contribution in [3.05, 3.63) is 40.5 Å². The fourth-order valence-electron chi connectivity index (χ4n) is 1.62. The predicted octanol–water partition coefficient (Wildman–Crippen LogP) is 5.49. The lowest BCUT2D eigenvalue weighted by atomic mass is 10.1. The van der Waals surface area contributed by atoms with Crippen LogP contribution in [-0.4, -0.2) is 7.05 Å². The van der Waals surface area contributed by atoms with Gasteiger partial charge in [0.25, 0.3) is 0 Å². The van der Waals surface area contributed by atoms with Gasteiger partial charge in [-0.2, -0.15) is 0 Å². The molecule has 0 aliphatic rings. The van der Waals surface area contributed by atoms with E-state index >= 15 is 0 Å². The number of rotatable bonds is 4. The Balaban J connectivity index is 2.19. The van der Waals surface area contributed by atoms with E-state index in [9.17, 15) is 0 Å². The molecule has 1 nitrogen and oxygen atoms in total. The minimum atomic E-state index is 0.307. The van der Waals surface area contributed by atoms with Crippen LogP contribution in [0.1, 0.15) is 16.5 Å². The molecule has 17 heavy (non-hydrogen) atoms. The molecular weight excluding hydrogens is 406 g/mol. The van der Waals surface area contributed by atoms with E-state index in [1.54, 1.807) is 22.7 Å². The summed E-state index contributed by atoms with van der Waals surface area (Å²) < 4.78 is 3.16. The molecule has 0 saturated carbocycles. The first kappa shape index (κ1) is 14.0. The summed E-state index contributed by atoms with van der Waals surface area (Å²) in [5.74, 6) is 0. The van der Waals surface area contributed by atoms with Crippen LogP contribution >= 0.6 is 66.1 Å². The summed E-state index contributed by atoms with van der Waals surface area (Å²) >= 11 is 16.4. The Morgan fingerprint density at radius 2 is 2.12 bits per heavy atom. The summed E-state index contributed by atoms with van der Waals surface area (Å²) in [5, 5.41) is 3.35. The Hall–Kier alpha value is 0.610. The lowest BCUT2D eigenvalue weighted by molar-refractivity contribution is 0.596. The molecule has 2 heterocycles. The van der Waals surface area contributed by atoms with Crippen molar-refractivity contribution in [1.82, 2.24) is 5.32 Å². The molecule has 0 fully saturated rings. The van der Waals surface area contributed by atoms with E-state index in [1.807, 2.05) is 13.1 Å². The maximum Gasteiger partial charge on any atom is 0.0931 e. The summed E-state index contributed by atoms with van der Waals surface area (Å²) in [7, 11) is 1.98. The van der Waals surface area contributed by atoms with Crippen molar-refractivity contribution in [2.75, 3.05) is 7.05 Å². The third kappa shape index (κ3) is 3.55. The highest BCUT2D eigenvalue weighted by molar-refractivity contribution is 9.12. The van der Waals surface area contributed by atoms with Crippen molar-refractivity contribution >= 4 is 66.1 Å². The Bertz CT molecular complexity index is 509. The lowest BCUT2D eigenvalue weighted by Gasteiger charge is -2.14. The molecular formula is C11H10Br2ClNS2. The Morgan fingerprint density at radius 3 is 2.59 bits per heavy atom. The van der Waals surface area contributed by atoms with Crippen molar-refractivity contribution in [2.24, 2.45) is 0 Å². The normalized spacial score (nSPS) is 12.9. The van der Waals surface area contributed by atoms with Crippen molar-refractivity contribution in [2.45, 2.75) is 12.5 Å². The van der Waals surface area contributed by atoms with E-state index < -0.39 is 0 Å². The third-order valence-corrected chi connectivity index (χ3v) is 6.08. The second kappa shape index (κ2) is 6.17. The second-order valence-corrected chi connectivity index (χ2v) is 9.08. The average molecular weight is 416 g/mol. The van der Waals surface area contributed by atoms with Crippen LogP contribution in [0.15, 0.2) is 25.8 Å². The average Bonchev–Trinajstić information content (AvgIpc) is 2.82. The van der Waals surface area contributed by atoms with Crippen LogP contribution in [0.3, 0.4) is 0 Å². The van der Waals surface area contributed by atoms with E-state index in [0.717, 1.165) is 14.5 Å². The van der Waals surface area contributed by atoms with Gasteiger partial charge in [0.05, 0.1) is 11.9 Å². The number of hydrogen-bond donors (Lipinski definition) is 1. The van der Waals surface area contributed by atoms with Crippen molar-refractivity contribution < 1.29 is 0 Å². The van der Waals surface area contributed by atoms with Gasteiger partial charge >= 0.3 is 0 Å². The minimum Gasteiger partial charge on any atom is -0.313 e. The summed E-state index contributed by atoms with van der Waals surface area (Å²) in [5.41, 5.74) is 1.29. The number of nitrogens with one attached hydrogen (secondary N) is 1. The number of thiophene rings is 2. The predicted molar refractivity (Wildman–Crippen MR) is 84.6 cm³/mol. The van der Waals surface area contributed by atoms with Crippen LogP contribution in [0.2, 0.25) is 4.34 Å². The van der Waals surface area contributed by atoms with Crippen LogP contribution in [0.25, 0.3) is 0 Å². The summed E-state index contributed by atoms with van der Waals surface area (Å²) in [6.45, 7) is 0. The third-order valence-electron chi connectivity index (χ3n) is 2.44. The second-order valence-electron chi connectivity index (χ2n) is 3.53. The first-order chi connectivity index (χ1) is 8.10. The van der Waals surface area contributed by atoms with Gasteiger partial charge in [0.2, 0.25) is 0 Å². The molecule has 0 spiro atoms. The molecule has 1 N–H and O–H groups in total.